The lowest BCUT2D eigenvalue weighted by Gasteiger charge is -2.19. The molecule has 0 saturated carbocycles. The number of rotatable bonds is 8. The number of carbonyl (C=O) groups is 2. The normalized spacial score (nSPS) is 12.5. The highest BCUT2D eigenvalue weighted by atomic mass is 35.5. The molecule has 1 aromatic heterocycles. The number of aldehydes is 1. The number of benzene rings is 3. The van der Waals surface area contributed by atoms with Crippen molar-refractivity contribution >= 4 is 35.7 Å². The van der Waals surface area contributed by atoms with Gasteiger partial charge in [-0.25, -0.2) is 9.78 Å². The van der Waals surface area contributed by atoms with Gasteiger partial charge in [0, 0.05) is 29.1 Å². The van der Waals surface area contributed by atoms with Gasteiger partial charge in [-0.15, -0.1) is 0 Å². The van der Waals surface area contributed by atoms with Crippen molar-refractivity contribution in [3.63, 3.8) is 0 Å². The van der Waals surface area contributed by atoms with Crippen LogP contribution in [0.1, 0.15) is 38.5 Å². The molecule has 1 N–H and O–H groups in total. The molecule has 0 aliphatic heterocycles. The Labute approximate surface area is 237 Å². The number of ether oxygens (including phenoxy) is 1. The minimum absolute atomic E-state index is 0.0802. The van der Waals surface area contributed by atoms with Crippen LogP contribution in [0, 0.1) is 0 Å². The van der Waals surface area contributed by atoms with E-state index in [1.807, 2.05) is 48.5 Å². The van der Waals surface area contributed by atoms with Crippen LogP contribution in [0.4, 0.5) is 18.0 Å². The van der Waals surface area contributed by atoms with Crippen LogP contribution in [0.5, 0.6) is 0 Å². The van der Waals surface area contributed by atoms with E-state index in [2.05, 4.69) is 10.3 Å². The number of hydrogen-bond acceptors (Lipinski definition) is 5. The van der Waals surface area contributed by atoms with Crippen LogP contribution in [-0.2, 0) is 17.3 Å². The zero-order chi connectivity index (χ0) is 28.3. The Morgan fingerprint density at radius 3 is 2.33 bits per heavy atom. The van der Waals surface area contributed by atoms with Gasteiger partial charge < -0.3 is 10.1 Å². The molecule has 1 aliphatic carbocycles. The highest BCUT2D eigenvalue weighted by Crippen LogP contribution is 2.45. The fourth-order valence-corrected chi connectivity index (χ4v) is 6.17. The smallest absolute Gasteiger partial charge is 0.416 e. The summed E-state index contributed by atoms with van der Waals surface area (Å²) in [5.74, 6) is -0.142. The Morgan fingerprint density at radius 2 is 1.68 bits per heavy atom. The summed E-state index contributed by atoms with van der Waals surface area (Å²) >= 11 is 7.20. The summed E-state index contributed by atoms with van der Waals surface area (Å²) in [6.45, 7) is -0.0451. The molecule has 0 bridgehead atoms. The molecule has 0 unspecified atom stereocenters. The first-order valence-corrected chi connectivity index (χ1v) is 13.5. The Balaban J connectivity index is 1.30. The molecule has 4 aromatic rings. The molecule has 3 aromatic carbocycles. The van der Waals surface area contributed by atoms with E-state index in [0.29, 0.717) is 6.29 Å². The third-order valence-electron chi connectivity index (χ3n) is 6.63. The first-order valence-electron chi connectivity index (χ1n) is 12.3. The summed E-state index contributed by atoms with van der Waals surface area (Å²) in [6, 6.07) is 21.0. The molecule has 10 heteroatoms. The molecule has 5 rings (SSSR count). The first-order chi connectivity index (χ1) is 19.3. The van der Waals surface area contributed by atoms with Crippen LogP contribution < -0.4 is 5.32 Å². The minimum Gasteiger partial charge on any atom is -0.449 e. The number of amides is 1. The van der Waals surface area contributed by atoms with E-state index in [1.54, 1.807) is 6.07 Å². The topological polar surface area (TPSA) is 68.3 Å². The van der Waals surface area contributed by atoms with Crippen molar-refractivity contribution in [1.29, 1.82) is 0 Å². The van der Waals surface area contributed by atoms with Gasteiger partial charge in [0.2, 0.25) is 0 Å². The Morgan fingerprint density at radius 1 is 1.00 bits per heavy atom. The highest BCUT2D eigenvalue weighted by Gasteiger charge is 2.35. The van der Waals surface area contributed by atoms with Gasteiger partial charge in [-0.05, 0) is 58.5 Å². The van der Waals surface area contributed by atoms with Gasteiger partial charge in [-0.2, -0.15) is 13.2 Å². The van der Waals surface area contributed by atoms with Crippen molar-refractivity contribution in [2.24, 2.45) is 0 Å². The van der Waals surface area contributed by atoms with Crippen molar-refractivity contribution in [2.45, 2.75) is 28.4 Å². The lowest BCUT2D eigenvalue weighted by Crippen LogP contribution is -2.28. The number of nitrogens with zero attached hydrogens (tertiary/aromatic N) is 1. The molecule has 204 valence electrons. The Bertz CT molecular complexity index is 1530. The predicted molar refractivity (Wildman–Crippen MR) is 147 cm³/mol. The number of hydrogen-bond donors (Lipinski definition) is 1. The van der Waals surface area contributed by atoms with Gasteiger partial charge >= 0.3 is 12.3 Å². The molecule has 40 heavy (non-hydrogen) atoms. The zero-order valence-electron chi connectivity index (χ0n) is 20.9. The number of alkyl halides is 3. The zero-order valence-corrected chi connectivity index (χ0v) is 22.4. The summed E-state index contributed by atoms with van der Waals surface area (Å²) in [6.07, 6.45) is -3.55. The summed E-state index contributed by atoms with van der Waals surface area (Å²) in [5, 5.41) is 2.87. The minimum atomic E-state index is -4.66. The molecular formula is C30H22ClF3N2O3S. The number of fused-ring (bicyclic) bond motifs is 3. The maximum Gasteiger partial charge on any atom is 0.416 e. The second-order valence-electron chi connectivity index (χ2n) is 9.02. The molecule has 5 nitrogen and oxygen atoms in total. The first kappa shape index (κ1) is 27.7. The SMILES string of the molecule is O=Cc1cccnc1Sc1c(Cl)ccc(C(F)(F)F)c1CCNC(=O)OCC1c2ccccc2-c2ccccc21. The van der Waals surface area contributed by atoms with Crippen molar-refractivity contribution in [3.8, 4) is 11.1 Å². The van der Waals surface area contributed by atoms with Crippen LogP contribution in [0.15, 0.2) is 88.9 Å². The molecule has 0 fully saturated rings. The third-order valence-corrected chi connectivity index (χ3v) is 8.26. The molecule has 0 radical (unpaired) electrons. The number of nitrogens with one attached hydrogen (secondary N) is 1. The van der Waals surface area contributed by atoms with Gasteiger partial charge in [0.15, 0.2) is 6.29 Å². The van der Waals surface area contributed by atoms with Crippen molar-refractivity contribution in [3.05, 3.63) is 112 Å². The fourth-order valence-electron chi connectivity index (χ4n) is 4.84. The highest BCUT2D eigenvalue weighted by molar-refractivity contribution is 7.99. The van der Waals surface area contributed by atoms with Crippen LogP contribution in [0.3, 0.4) is 0 Å². The Hall–Kier alpha value is -3.82. The van der Waals surface area contributed by atoms with Crippen LogP contribution >= 0.6 is 23.4 Å². The molecule has 0 spiro atoms. The maximum atomic E-state index is 13.9. The van der Waals surface area contributed by atoms with E-state index in [0.717, 1.165) is 40.1 Å². The van der Waals surface area contributed by atoms with Gasteiger partial charge in [0.1, 0.15) is 11.6 Å². The predicted octanol–water partition coefficient (Wildman–Crippen LogP) is 7.80. The third kappa shape index (κ3) is 5.71. The van der Waals surface area contributed by atoms with Gasteiger partial charge in [-0.3, -0.25) is 4.79 Å². The van der Waals surface area contributed by atoms with Crippen LogP contribution in [0.2, 0.25) is 5.02 Å². The van der Waals surface area contributed by atoms with E-state index in [4.69, 9.17) is 16.3 Å². The molecule has 1 aliphatic rings. The number of aromatic nitrogens is 1. The summed E-state index contributed by atoms with van der Waals surface area (Å²) in [5.41, 5.74) is 3.52. The lowest BCUT2D eigenvalue weighted by molar-refractivity contribution is -0.138. The fraction of sp³-hybridized carbons (Fsp3) is 0.167. The molecule has 0 atom stereocenters. The summed E-state index contributed by atoms with van der Waals surface area (Å²) in [4.78, 5) is 28.3. The number of pyridine rings is 1. The van der Waals surface area contributed by atoms with E-state index < -0.39 is 17.8 Å². The van der Waals surface area contributed by atoms with Crippen molar-refractivity contribution in [1.82, 2.24) is 10.3 Å². The van der Waals surface area contributed by atoms with Gasteiger partial charge in [-0.1, -0.05) is 71.9 Å². The number of carbonyl (C=O) groups excluding carboxylic acids is 2. The maximum absolute atomic E-state index is 13.9. The number of alkyl carbamates (subject to hydrolysis) is 1. The average Bonchev–Trinajstić information content (AvgIpc) is 3.27. The van der Waals surface area contributed by atoms with Gasteiger partial charge in [0.25, 0.3) is 0 Å². The molecule has 1 heterocycles. The second kappa shape index (κ2) is 11.7. The lowest BCUT2D eigenvalue weighted by atomic mass is 9.98. The average molecular weight is 583 g/mol. The van der Waals surface area contributed by atoms with E-state index >= 15 is 0 Å². The summed E-state index contributed by atoms with van der Waals surface area (Å²) < 4.78 is 47.3. The Kier molecular flexibility index (Phi) is 8.14. The quantitative estimate of drug-likeness (QED) is 0.215. The van der Waals surface area contributed by atoms with E-state index in [-0.39, 0.29) is 51.6 Å². The second-order valence-corrected chi connectivity index (χ2v) is 10.4. The van der Waals surface area contributed by atoms with Crippen LogP contribution in [-0.4, -0.2) is 30.5 Å². The van der Waals surface area contributed by atoms with E-state index in [1.165, 1.54) is 18.3 Å². The number of halogens is 4. The monoisotopic (exact) mass is 582 g/mol. The molecular weight excluding hydrogens is 561 g/mol. The van der Waals surface area contributed by atoms with Crippen molar-refractivity contribution < 1.29 is 27.5 Å². The van der Waals surface area contributed by atoms with E-state index in [9.17, 15) is 22.8 Å². The largest absolute Gasteiger partial charge is 0.449 e. The van der Waals surface area contributed by atoms with Gasteiger partial charge in [0.05, 0.1) is 10.6 Å². The van der Waals surface area contributed by atoms with Crippen LogP contribution in [0.25, 0.3) is 11.1 Å². The standard InChI is InChI=1S/C30H22ClF3N2O3S/c31-26-12-11-25(30(32,33)34)23(27(26)40-28-18(16-37)6-5-14-35-28)13-15-36-29(38)39-17-24-21-9-3-1-7-19(21)20-8-2-4-10-22(20)24/h1-12,14,16,24H,13,15,17H2,(H,36,38). The molecule has 1 amide bonds. The summed E-state index contributed by atoms with van der Waals surface area (Å²) in [7, 11) is 0. The van der Waals surface area contributed by atoms with Crippen molar-refractivity contribution in [2.75, 3.05) is 13.2 Å². The molecule has 0 saturated heterocycles.